The summed E-state index contributed by atoms with van der Waals surface area (Å²) in [6.45, 7) is 0. The van der Waals surface area contributed by atoms with Crippen LogP contribution in [-0.2, 0) is 12.8 Å². The van der Waals surface area contributed by atoms with Crippen molar-refractivity contribution in [2.24, 2.45) is 5.73 Å². The van der Waals surface area contributed by atoms with Gasteiger partial charge < -0.3 is 11.1 Å². The molecule has 0 fully saturated rings. The standard InChI is InChI=1S/C22H20N2O2S/c23-21(25)15-6-9-17(10-7-15)24-22(26)19-13-27-20-12-16(8-11-18(19)20)14-4-2-1-3-5-14/h1-7,9-10,13,16H,8,11-12H2,(H2,23,25)(H,24,26)/t16-/m0/s1. The van der Waals surface area contributed by atoms with Crippen molar-refractivity contribution >= 4 is 28.8 Å². The van der Waals surface area contributed by atoms with E-state index in [-0.39, 0.29) is 5.91 Å². The Morgan fingerprint density at radius 2 is 1.78 bits per heavy atom. The molecule has 0 saturated heterocycles. The molecule has 27 heavy (non-hydrogen) atoms. The highest BCUT2D eigenvalue weighted by molar-refractivity contribution is 7.10. The Morgan fingerprint density at radius 3 is 2.48 bits per heavy atom. The van der Waals surface area contributed by atoms with E-state index in [2.05, 4.69) is 29.6 Å². The van der Waals surface area contributed by atoms with E-state index in [0.29, 0.717) is 17.2 Å². The smallest absolute Gasteiger partial charge is 0.256 e. The molecule has 0 aliphatic heterocycles. The average molecular weight is 376 g/mol. The molecule has 2 aromatic carbocycles. The molecule has 1 aliphatic carbocycles. The zero-order chi connectivity index (χ0) is 18.8. The molecule has 0 saturated carbocycles. The maximum atomic E-state index is 12.7. The Labute approximate surface area is 162 Å². The Balaban J connectivity index is 1.49. The van der Waals surface area contributed by atoms with Gasteiger partial charge in [0.2, 0.25) is 5.91 Å². The Morgan fingerprint density at radius 1 is 1.04 bits per heavy atom. The van der Waals surface area contributed by atoms with Gasteiger partial charge in [-0.1, -0.05) is 30.3 Å². The quantitative estimate of drug-likeness (QED) is 0.710. The fraction of sp³-hybridized carbons (Fsp3) is 0.182. The number of thiophene rings is 1. The lowest BCUT2D eigenvalue weighted by atomic mass is 9.83. The number of nitrogens with two attached hydrogens (primary N) is 1. The normalized spacial score (nSPS) is 15.8. The number of hydrogen-bond acceptors (Lipinski definition) is 3. The van der Waals surface area contributed by atoms with Gasteiger partial charge in [-0.3, -0.25) is 9.59 Å². The van der Waals surface area contributed by atoms with Gasteiger partial charge in [-0.25, -0.2) is 0 Å². The molecule has 1 atom stereocenters. The van der Waals surface area contributed by atoms with Crippen LogP contribution in [0.15, 0.2) is 60.0 Å². The number of benzene rings is 2. The minimum absolute atomic E-state index is 0.0995. The lowest BCUT2D eigenvalue weighted by Crippen LogP contribution is -2.17. The molecule has 4 rings (SSSR count). The lowest BCUT2D eigenvalue weighted by molar-refractivity contribution is 0.0998. The van der Waals surface area contributed by atoms with E-state index in [1.807, 2.05) is 11.4 Å². The van der Waals surface area contributed by atoms with Crippen molar-refractivity contribution in [3.05, 3.63) is 87.1 Å². The fourth-order valence-corrected chi connectivity index (χ4v) is 4.79. The van der Waals surface area contributed by atoms with Crippen LogP contribution in [0.25, 0.3) is 0 Å². The predicted molar refractivity (Wildman–Crippen MR) is 108 cm³/mol. The van der Waals surface area contributed by atoms with Crippen LogP contribution in [0, 0.1) is 0 Å². The van der Waals surface area contributed by atoms with Gasteiger partial charge >= 0.3 is 0 Å². The first-order valence-electron chi connectivity index (χ1n) is 8.97. The molecule has 0 radical (unpaired) electrons. The van der Waals surface area contributed by atoms with Gasteiger partial charge in [-0.2, -0.15) is 0 Å². The summed E-state index contributed by atoms with van der Waals surface area (Å²) >= 11 is 1.67. The van der Waals surface area contributed by atoms with Crippen molar-refractivity contribution in [1.82, 2.24) is 0 Å². The predicted octanol–water partition coefficient (Wildman–Crippen LogP) is 4.37. The second-order valence-electron chi connectivity index (χ2n) is 6.80. The van der Waals surface area contributed by atoms with E-state index in [0.717, 1.165) is 24.8 Å². The summed E-state index contributed by atoms with van der Waals surface area (Å²) < 4.78 is 0. The highest BCUT2D eigenvalue weighted by Gasteiger charge is 2.26. The first-order valence-corrected chi connectivity index (χ1v) is 9.85. The van der Waals surface area contributed by atoms with Gasteiger partial charge in [0.05, 0.1) is 5.56 Å². The highest BCUT2D eigenvalue weighted by Crippen LogP contribution is 2.37. The van der Waals surface area contributed by atoms with Crippen molar-refractivity contribution in [1.29, 1.82) is 0 Å². The van der Waals surface area contributed by atoms with Crippen LogP contribution in [-0.4, -0.2) is 11.8 Å². The summed E-state index contributed by atoms with van der Waals surface area (Å²) in [5, 5.41) is 4.88. The van der Waals surface area contributed by atoms with Crippen molar-refractivity contribution in [2.45, 2.75) is 25.2 Å². The summed E-state index contributed by atoms with van der Waals surface area (Å²) in [6, 6.07) is 17.2. The topological polar surface area (TPSA) is 72.2 Å². The van der Waals surface area contributed by atoms with E-state index >= 15 is 0 Å². The van der Waals surface area contributed by atoms with Crippen LogP contribution in [0.2, 0.25) is 0 Å². The summed E-state index contributed by atoms with van der Waals surface area (Å²) in [7, 11) is 0. The SMILES string of the molecule is NC(=O)c1ccc(NC(=O)c2csc3c2CC[C@H](c2ccccc2)C3)cc1. The zero-order valence-corrected chi connectivity index (χ0v) is 15.6. The second-order valence-corrected chi connectivity index (χ2v) is 7.76. The number of amides is 2. The fourth-order valence-electron chi connectivity index (χ4n) is 3.63. The number of rotatable bonds is 4. The molecule has 2 amide bonds. The molecule has 0 bridgehead atoms. The number of carbonyl (C=O) groups excluding carboxylic acids is 2. The third-order valence-electron chi connectivity index (χ3n) is 5.10. The third kappa shape index (κ3) is 3.64. The first kappa shape index (κ1) is 17.5. The Bertz CT molecular complexity index is 977. The number of fused-ring (bicyclic) bond motifs is 1. The lowest BCUT2D eigenvalue weighted by Gasteiger charge is -2.23. The maximum Gasteiger partial charge on any atom is 0.256 e. The number of primary amides is 1. The molecule has 1 aliphatic rings. The molecule has 0 spiro atoms. The Hall–Kier alpha value is -2.92. The summed E-state index contributed by atoms with van der Waals surface area (Å²) in [6.07, 6.45) is 2.97. The molecule has 1 heterocycles. The van der Waals surface area contributed by atoms with Crippen LogP contribution < -0.4 is 11.1 Å². The number of hydrogen-bond donors (Lipinski definition) is 2. The molecule has 0 unspecified atom stereocenters. The Kier molecular flexibility index (Phi) is 4.77. The minimum atomic E-state index is -0.479. The van der Waals surface area contributed by atoms with E-state index in [1.165, 1.54) is 16.0 Å². The van der Waals surface area contributed by atoms with Crippen LogP contribution in [0.3, 0.4) is 0 Å². The molecule has 3 N–H and O–H groups in total. The van der Waals surface area contributed by atoms with Gasteiger partial charge in [-0.15, -0.1) is 11.3 Å². The minimum Gasteiger partial charge on any atom is -0.366 e. The molecular formula is C22H20N2O2S. The van der Waals surface area contributed by atoms with Crippen LogP contribution in [0.4, 0.5) is 5.69 Å². The van der Waals surface area contributed by atoms with Gasteiger partial charge in [0.1, 0.15) is 0 Å². The van der Waals surface area contributed by atoms with Gasteiger partial charge in [-0.05, 0) is 60.6 Å². The van der Waals surface area contributed by atoms with E-state index in [1.54, 1.807) is 35.6 Å². The van der Waals surface area contributed by atoms with Crippen LogP contribution in [0.5, 0.6) is 0 Å². The number of nitrogens with one attached hydrogen (secondary N) is 1. The van der Waals surface area contributed by atoms with E-state index < -0.39 is 5.91 Å². The van der Waals surface area contributed by atoms with Crippen LogP contribution >= 0.6 is 11.3 Å². The summed E-state index contributed by atoms with van der Waals surface area (Å²) in [4.78, 5) is 25.2. The molecule has 1 aromatic heterocycles. The summed E-state index contributed by atoms with van der Waals surface area (Å²) in [5.41, 5.74) is 9.64. The monoisotopic (exact) mass is 376 g/mol. The summed E-state index contributed by atoms with van der Waals surface area (Å²) in [5.74, 6) is -0.0557. The largest absolute Gasteiger partial charge is 0.366 e. The van der Waals surface area contributed by atoms with Gasteiger partial charge in [0, 0.05) is 21.5 Å². The van der Waals surface area contributed by atoms with Crippen molar-refractivity contribution < 1.29 is 9.59 Å². The molecule has 3 aromatic rings. The molecule has 5 heteroatoms. The van der Waals surface area contributed by atoms with Gasteiger partial charge in [0.25, 0.3) is 5.91 Å². The average Bonchev–Trinajstić information content (AvgIpc) is 3.12. The first-order chi connectivity index (χ1) is 13.1. The van der Waals surface area contributed by atoms with Crippen LogP contribution in [0.1, 0.15) is 49.1 Å². The number of anilines is 1. The van der Waals surface area contributed by atoms with E-state index in [9.17, 15) is 9.59 Å². The van der Waals surface area contributed by atoms with Crippen molar-refractivity contribution in [2.75, 3.05) is 5.32 Å². The van der Waals surface area contributed by atoms with Crippen molar-refractivity contribution in [3.63, 3.8) is 0 Å². The molecule has 136 valence electrons. The maximum absolute atomic E-state index is 12.7. The van der Waals surface area contributed by atoms with E-state index in [4.69, 9.17) is 5.73 Å². The molecule has 4 nitrogen and oxygen atoms in total. The third-order valence-corrected chi connectivity index (χ3v) is 6.15. The zero-order valence-electron chi connectivity index (χ0n) is 14.8. The van der Waals surface area contributed by atoms with Gasteiger partial charge in [0.15, 0.2) is 0 Å². The van der Waals surface area contributed by atoms with Crippen molar-refractivity contribution in [3.8, 4) is 0 Å². The second kappa shape index (κ2) is 7.37. The highest BCUT2D eigenvalue weighted by atomic mass is 32.1. The molecular weight excluding hydrogens is 356 g/mol. The number of carbonyl (C=O) groups is 2.